The number of hydrogen-bond acceptors (Lipinski definition) is 4. The first-order valence-electron chi connectivity index (χ1n) is 11.7. The van der Waals surface area contributed by atoms with Gasteiger partial charge in [0.2, 0.25) is 5.91 Å². The molecule has 5 nitrogen and oxygen atoms in total. The van der Waals surface area contributed by atoms with E-state index in [9.17, 15) is 9.59 Å². The third-order valence-corrected chi connectivity index (χ3v) is 6.85. The Morgan fingerprint density at radius 3 is 2.21 bits per heavy atom. The van der Waals surface area contributed by atoms with Gasteiger partial charge in [0.25, 0.3) is 0 Å². The summed E-state index contributed by atoms with van der Waals surface area (Å²) in [6.07, 6.45) is 0. The van der Waals surface area contributed by atoms with Crippen molar-refractivity contribution in [1.29, 1.82) is 0 Å². The van der Waals surface area contributed by atoms with E-state index in [-0.39, 0.29) is 11.9 Å². The van der Waals surface area contributed by atoms with Gasteiger partial charge in [-0.05, 0) is 50.5 Å². The number of carbonyl (C=O) groups is 2. The number of anilines is 1. The van der Waals surface area contributed by atoms with E-state index >= 15 is 0 Å². The van der Waals surface area contributed by atoms with Crippen LogP contribution >= 0.6 is 0 Å². The second-order valence-electron chi connectivity index (χ2n) is 10.3. The number of ether oxygens (including phenoxy) is 1. The SMILES string of the molecule is Cc1ccc([C@@H]2[C@@H](C(=O)OC(C)(C)C)N[C@H](c3ccccc3)[C@]23C(=O)Nc2ccccc23)cc1. The minimum Gasteiger partial charge on any atom is -0.459 e. The van der Waals surface area contributed by atoms with Crippen molar-refractivity contribution in [3.63, 3.8) is 0 Å². The second-order valence-corrected chi connectivity index (χ2v) is 10.3. The predicted octanol–water partition coefficient (Wildman–Crippen LogP) is 5.02. The minimum atomic E-state index is -1.02. The molecule has 0 bridgehead atoms. The van der Waals surface area contributed by atoms with Crippen molar-refractivity contribution in [2.75, 3.05) is 5.32 Å². The van der Waals surface area contributed by atoms with Crippen LogP contribution in [0.25, 0.3) is 0 Å². The quantitative estimate of drug-likeness (QED) is 0.545. The molecule has 1 saturated heterocycles. The second kappa shape index (κ2) is 8.10. The van der Waals surface area contributed by atoms with E-state index in [0.717, 1.165) is 27.9 Å². The van der Waals surface area contributed by atoms with Gasteiger partial charge < -0.3 is 10.1 Å². The molecule has 3 aromatic carbocycles. The number of para-hydroxylation sites is 1. The van der Waals surface area contributed by atoms with Crippen molar-refractivity contribution >= 4 is 17.6 Å². The Kier molecular flexibility index (Phi) is 5.33. The molecule has 0 aromatic heterocycles. The topological polar surface area (TPSA) is 67.4 Å². The van der Waals surface area contributed by atoms with Crippen LogP contribution in [0.15, 0.2) is 78.9 Å². The van der Waals surface area contributed by atoms with E-state index in [1.807, 2.05) is 107 Å². The summed E-state index contributed by atoms with van der Waals surface area (Å²) in [5.41, 5.74) is 3.03. The van der Waals surface area contributed by atoms with Crippen LogP contribution < -0.4 is 10.6 Å². The monoisotopic (exact) mass is 454 g/mol. The molecule has 2 aliphatic rings. The first-order chi connectivity index (χ1) is 16.2. The number of esters is 1. The van der Waals surface area contributed by atoms with E-state index in [2.05, 4.69) is 10.6 Å². The molecule has 174 valence electrons. The molecule has 0 unspecified atom stereocenters. The number of fused-ring (bicyclic) bond motifs is 2. The Balaban J connectivity index is 1.77. The van der Waals surface area contributed by atoms with E-state index in [1.54, 1.807) is 0 Å². The average Bonchev–Trinajstić information content (AvgIpc) is 3.30. The maximum absolute atomic E-state index is 14.0. The summed E-state index contributed by atoms with van der Waals surface area (Å²) in [7, 11) is 0. The highest BCUT2D eigenvalue weighted by molar-refractivity contribution is 6.09. The van der Waals surface area contributed by atoms with Gasteiger partial charge in [-0.25, -0.2) is 0 Å². The fourth-order valence-electron chi connectivity index (χ4n) is 5.55. The summed E-state index contributed by atoms with van der Waals surface area (Å²) in [6, 6.07) is 24.7. The van der Waals surface area contributed by atoms with Gasteiger partial charge in [-0.15, -0.1) is 0 Å². The van der Waals surface area contributed by atoms with Gasteiger partial charge in [0.05, 0.1) is 6.04 Å². The lowest BCUT2D eigenvalue weighted by Crippen LogP contribution is -2.44. The van der Waals surface area contributed by atoms with Gasteiger partial charge in [-0.1, -0.05) is 78.4 Å². The van der Waals surface area contributed by atoms with Crippen molar-refractivity contribution in [2.24, 2.45) is 0 Å². The molecule has 5 heteroatoms. The highest BCUT2D eigenvalue weighted by atomic mass is 16.6. The van der Waals surface area contributed by atoms with Crippen LogP contribution in [0.3, 0.4) is 0 Å². The normalized spacial score (nSPS) is 25.8. The third kappa shape index (κ3) is 3.51. The maximum atomic E-state index is 14.0. The molecule has 1 fully saturated rings. The summed E-state index contributed by atoms with van der Waals surface area (Å²) in [5.74, 6) is -0.920. The Labute approximate surface area is 200 Å². The van der Waals surface area contributed by atoms with E-state index in [1.165, 1.54) is 0 Å². The number of carbonyl (C=O) groups excluding carboxylic acids is 2. The number of aryl methyl sites for hydroxylation is 1. The van der Waals surface area contributed by atoms with Crippen molar-refractivity contribution in [1.82, 2.24) is 5.32 Å². The molecular formula is C29H30N2O3. The van der Waals surface area contributed by atoms with E-state index < -0.39 is 29.0 Å². The molecule has 0 aliphatic carbocycles. The summed E-state index contributed by atoms with van der Waals surface area (Å²) in [4.78, 5) is 27.7. The van der Waals surface area contributed by atoms with Gasteiger partial charge in [-0.3, -0.25) is 14.9 Å². The lowest BCUT2D eigenvalue weighted by molar-refractivity contribution is -0.157. The molecule has 3 aromatic rings. The molecule has 34 heavy (non-hydrogen) atoms. The Bertz CT molecular complexity index is 1230. The lowest BCUT2D eigenvalue weighted by Gasteiger charge is -2.35. The fourth-order valence-corrected chi connectivity index (χ4v) is 5.55. The molecule has 1 spiro atoms. The average molecular weight is 455 g/mol. The molecule has 0 radical (unpaired) electrons. The third-order valence-electron chi connectivity index (χ3n) is 6.85. The zero-order valence-corrected chi connectivity index (χ0v) is 20.0. The minimum absolute atomic E-state index is 0.105. The first-order valence-corrected chi connectivity index (χ1v) is 11.7. The molecule has 2 N–H and O–H groups in total. The Hall–Kier alpha value is -3.44. The van der Waals surface area contributed by atoms with Crippen molar-refractivity contribution in [3.8, 4) is 0 Å². The zero-order chi connectivity index (χ0) is 24.1. The fraction of sp³-hybridized carbons (Fsp3) is 0.310. The molecule has 5 rings (SSSR count). The molecule has 1 amide bonds. The van der Waals surface area contributed by atoms with Crippen LogP contribution in [0.5, 0.6) is 0 Å². The number of benzene rings is 3. The summed E-state index contributed by atoms with van der Waals surface area (Å²) >= 11 is 0. The summed E-state index contributed by atoms with van der Waals surface area (Å²) in [6.45, 7) is 7.62. The molecular weight excluding hydrogens is 424 g/mol. The zero-order valence-electron chi connectivity index (χ0n) is 20.0. The Morgan fingerprint density at radius 1 is 0.882 bits per heavy atom. The van der Waals surface area contributed by atoms with Gasteiger partial charge in [0, 0.05) is 11.6 Å². The molecule has 0 saturated carbocycles. The smallest absolute Gasteiger partial charge is 0.324 e. The van der Waals surface area contributed by atoms with Gasteiger partial charge >= 0.3 is 5.97 Å². The standard InChI is InChI=1S/C29H30N2O3/c1-18-14-16-19(17-15-18)23-24(26(32)34-28(2,3)4)31-25(20-10-6-5-7-11-20)29(23)21-12-8-9-13-22(21)30-27(29)33/h5-17,23-25,31H,1-4H3,(H,30,33)/t23-,24+,25-,29-/m1/s1. The highest BCUT2D eigenvalue weighted by Crippen LogP contribution is 2.59. The number of hydrogen-bond donors (Lipinski definition) is 2. The largest absolute Gasteiger partial charge is 0.459 e. The number of amides is 1. The predicted molar refractivity (Wildman–Crippen MR) is 133 cm³/mol. The highest BCUT2D eigenvalue weighted by Gasteiger charge is 2.66. The van der Waals surface area contributed by atoms with Crippen molar-refractivity contribution in [2.45, 2.75) is 56.7 Å². The van der Waals surface area contributed by atoms with Gasteiger partial charge in [0.15, 0.2) is 0 Å². The first kappa shape index (κ1) is 22.4. The van der Waals surface area contributed by atoms with Gasteiger partial charge in [-0.2, -0.15) is 0 Å². The van der Waals surface area contributed by atoms with Crippen LogP contribution in [0, 0.1) is 6.92 Å². The van der Waals surface area contributed by atoms with Crippen LogP contribution in [0.1, 0.15) is 55.0 Å². The number of rotatable bonds is 3. The van der Waals surface area contributed by atoms with E-state index in [0.29, 0.717) is 0 Å². The number of nitrogens with one attached hydrogen (secondary N) is 2. The Morgan fingerprint density at radius 2 is 1.53 bits per heavy atom. The van der Waals surface area contributed by atoms with Crippen molar-refractivity contribution in [3.05, 3.63) is 101 Å². The molecule has 4 atom stereocenters. The van der Waals surface area contributed by atoms with Crippen LogP contribution in [-0.2, 0) is 19.7 Å². The van der Waals surface area contributed by atoms with Crippen molar-refractivity contribution < 1.29 is 14.3 Å². The maximum Gasteiger partial charge on any atom is 0.324 e. The lowest BCUT2D eigenvalue weighted by atomic mass is 9.63. The summed E-state index contributed by atoms with van der Waals surface area (Å²) in [5, 5.41) is 6.68. The van der Waals surface area contributed by atoms with Gasteiger partial charge in [0.1, 0.15) is 17.1 Å². The van der Waals surface area contributed by atoms with Crippen LogP contribution in [0.2, 0.25) is 0 Å². The molecule has 2 heterocycles. The van der Waals surface area contributed by atoms with Crippen LogP contribution in [0.4, 0.5) is 5.69 Å². The summed E-state index contributed by atoms with van der Waals surface area (Å²) < 4.78 is 5.87. The van der Waals surface area contributed by atoms with E-state index in [4.69, 9.17) is 4.74 Å². The molecule has 2 aliphatic heterocycles. The van der Waals surface area contributed by atoms with Crippen LogP contribution in [-0.4, -0.2) is 23.5 Å².